The molecule has 1 aliphatic heterocycles. The first-order valence-electron chi connectivity index (χ1n) is 6.78. The Morgan fingerprint density at radius 2 is 1.89 bits per heavy atom. The zero-order chi connectivity index (χ0) is 13.1. The van der Waals surface area contributed by atoms with Gasteiger partial charge in [0.15, 0.2) is 0 Å². The van der Waals surface area contributed by atoms with Crippen molar-refractivity contribution >= 4 is 5.69 Å². The first-order chi connectivity index (χ1) is 8.59. The van der Waals surface area contributed by atoms with E-state index in [2.05, 4.69) is 30.0 Å². The van der Waals surface area contributed by atoms with Gasteiger partial charge in [0.2, 0.25) is 0 Å². The van der Waals surface area contributed by atoms with Crippen molar-refractivity contribution in [1.29, 1.82) is 0 Å². The Balaban J connectivity index is 2.15. The molecular weight excluding hydrogens is 224 g/mol. The van der Waals surface area contributed by atoms with Crippen LogP contribution in [0.1, 0.15) is 31.4 Å². The summed E-state index contributed by atoms with van der Waals surface area (Å²) in [4.78, 5) is 4.72. The lowest BCUT2D eigenvalue weighted by Crippen LogP contribution is -2.42. The monoisotopic (exact) mass is 248 g/mol. The highest BCUT2D eigenvalue weighted by Gasteiger charge is 2.22. The second-order valence-electron chi connectivity index (χ2n) is 5.38. The number of rotatable bonds is 3. The van der Waals surface area contributed by atoms with Crippen molar-refractivity contribution in [2.24, 2.45) is 0 Å². The van der Waals surface area contributed by atoms with Gasteiger partial charge in [-0.1, -0.05) is 18.2 Å². The predicted octanol–water partition coefficient (Wildman–Crippen LogP) is 2.27. The summed E-state index contributed by atoms with van der Waals surface area (Å²) in [5, 5.41) is 9.86. The van der Waals surface area contributed by atoms with Gasteiger partial charge in [-0.25, -0.2) is 0 Å². The van der Waals surface area contributed by atoms with Crippen LogP contribution in [0.3, 0.4) is 0 Å². The van der Waals surface area contributed by atoms with Crippen molar-refractivity contribution in [2.75, 3.05) is 32.1 Å². The number of anilines is 1. The number of piperidine rings is 1. The smallest absolute Gasteiger partial charge is 0.0781 e. The molecule has 1 aromatic rings. The molecule has 18 heavy (non-hydrogen) atoms. The molecule has 1 atom stereocenters. The third kappa shape index (κ3) is 2.85. The highest BCUT2D eigenvalue weighted by atomic mass is 16.3. The van der Waals surface area contributed by atoms with Crippen LogP contribution in [0.2, 0.25) is 0 Å². The molecule has 1 aliphatic rings. The minimum Gasteiger partial charge on any atom is -0.389 e. The van der Waals surface area contributed by atoms with Gasteiger partial charge in [-0.3, -0.25) is 0 Å². The summed E-state index contributed by atoms with van der Waals surface area (Å²) in [5.74, 6) is 0. The molecule has 0 unspecified atom stereocenters. The topological polar surface area (TPSA) is 26.7 Å². The molecule has 0 spiro atoms. The maximum atomic E-state index is 9.86. The van der Waals surface area contributed by atoms with E-state index in [1.54, 1.807) is 0 Å². The molecule has 0 aromatic heterocycles. The van der Waals surface area contributed by atoms with Crippen LogP contribution in [-0.4, -0.2) is 43.2 Å². The molecule has 2 rings (SSSR count). The van der Waals surface area contributed by atoms with Crippen LogP contribution in [0.5, 0.6) is 0 Å². The highest BCUT2D eigenvalue weighted by molar-refractivity contribution is 5.54. The molecular formula is C15H24N2O. The predicted molar refractivity (Wildman–Crippen MR) is 76.0 cm³/mol. The lowest BCUT2D eigenvalue weighted by Gasteiger charge is -2.37. The second kappa shape index (κ2) is 5.72. The second-order valence-corrected chi connectivity index (χ2v) is 5.38. The van der Waals surface area contributed by atoms with Gasteiger partial charge in [0, 0.05) is 24.3 Å². The normalized spacial score (nSPS) is 19.8. The van der Waals surface area contributed by atoms with E-state index in [-0.39, 0.29) is 0 Å². The Morgan fingerprint density at radius 1 is 1.28 bits per heavy atom. The number of nitrogens with zero attached hydrogens (tertiary/aromatic N) is 2. The minimum absolute atomic E-state index is 0.407. The van der Waals surface area contributed by atoms with Crippen LogP contribution < -0.4 is 4.90 Å². The summed E-state index contributed by atoms with van der Waals surface area (Å²) in [6, 6.07) is 8.76. The zero-order valence-corrected chi connectivity index (χ0v) is 11.6. The maximum absolute atomic E-state index is 9.86. The molecule has 1 fully saturated rings. The molecule has 1 saturated heterocycles. The summed E-state index contributed by atoms with van der Waals surface area (Å²) in [6.07, 6.45) is 1.98. The largest absolute Gasteiger partial charge is 0.389 e. The molecule has 0 amide bonds. The van der Waals surface area contributed by atoms with Crippen LogP contribution in [0, 0.1) is 0 Å². The van der Waals surface area contributed by atoms with E-state index < -0.39 is 6.10 Å². The maximum Gasteiger partial charge on any atom is 0.0781 e. The minimum atomic E-state index is -0.407. The van der Waals surface area contributed by atoms with E-state index >= 15 is 0 Å². The SMILES string of the molecule is C[C@@H](O)c1ccccc1N(C)C1CCN(C)CC1. The summed E-state index contributed by atoms with van der Waals surface area (Å²) < 4.78 is 0. The average molecular weight is 248 g/mol. The van der Waals surface area contributed by atoms with E-state index in [1.807, 2.05) is 25.1 Å². The summed E-state index contributed by atoms with van der Waals surface area (Å²) in [7, 11) is 4.33. The van der Waals surface area contributed by atoms with Gasteiger partial charge in [-0.05, 0) is 46.0 Å². The van der Waals surface area contributed by atoms with Crippen LogP contribution in [0.15, 0.2) is 24.3 Å². The van der Waals surface area contributed by atoms with Crippen LogP contribution in [0.25, 0.3) is 0 Å². The number of aliphatic hydroxyl groups is 1. The molecule has 0 bridgehead atoms. The number of hydrogen-bond donors (Lipinski definition) is 1. The van der Waals surface area contributed by atoms with Crippen molar-refractivity contribution < 1.29 is 5.11 Å². The molecule has 0 radical (unpaired) electrons. The number of likely N-dealkylation sites (tertiary alicyclic amines) is 1. The number of hydrogen-bond acceptors (Lipinski definition) is 3. The van der Waals surface area contributed by atoms with Gasteiger partial charge in [0.25, 0.3) is 0 Å². The third-order valence-electron chi connectivity index (χ3n) is 4.00. The van der Waals surface area contributed by atoms with Gasteiger partial charge in [-0.15, -0.1) is 0 Å². The average Bonchev–Trinajstić information content (AvgIpc) is 2.39. The van der Waals surface area contributed by atoms with Gasteiger partial charge in [0.05, 0.1) is 6.10 Å². The van der Waals surface area contributed by atoms with Crippen molar-refractivity contribution in [3.05, 3.63) is 29.8 Å². The first kappa shape index (κ1) is 13.4. The zero-order valence-electron chi connectivity index (χ0n) is 11.6. The molecule has 0 aliphatic carbocycles. The fourth-order valence-corrected chi connectivity index (χ4v) is 2.74. The number of benzene rings is 1. The fraction of sp³-hybridized carbons (Fsp3) is 0.600. The summed E-state index contributed by atoms with van der Waals surface area (Å²) >= 11 is 0. The molecule has 0 saturated carbocycles. The van der Waals surface area contributed by atoms with E-state index in [9.17, 15) is 5.11 Å². The summed E-state index contributed by atoms with van der Waals surface area (Å²) in [6.45, 7) is 4.15. The van der Waals surface area contributed by atoms with Crippen molar-refractivity contribution in [3.8, 4) is 0 Å². The molecule has 100 valence electrons. The molecule has 3 nitrogen and oxygen atoms in total. The van der Waals surface area contributed by atoms with Crippen molar-refractivity contribution in [2.45, 2.75) is 31.9 Å². The fourth-order valence-electron chi connectivity index (χ4n) is 2.74. The van der Waals surface area contributed by atoms with Crippen LogP contribution in [0.4, 0.5) is 5.69 Å². The molecule has 1 heterocycles. The van der Waals surface area contributed by atoms with Crippen LogP contribution in [-0.2, 0) is 0 Å². The third-order valence-corrected chi connectivity index (χ3v) is 4.00. The van der Waals surface area contributed by atoms with Crippen molar-refractivity contribution in [3.63, 3.8) is 0 Å². The van der Waals surface area contributed by atoms with Gasteiger partial charge in [0.1, 0.15) is 0 Å². The van der Waals surface area contributed by atoms with Crippen LogP contribution >= 0.6 is 0 Å². The van der Waals surface area contributed by atoms with Gasteiger partial charge >= 0.3 is 0 Å². The van der Waals surface area contributed by atoms with E-state index in [4.69, 9.17) is 0 Å². The lowest BCUT2D eigenvalue weighted by molar-refractivity contribution is 0.199. The lowest BCUT2D eigenvalue weighted by atomic mass is 10.0. The summed E-state index contributed by atoms with van der Waals surface area (Å²) in [5.41, 5.74) is 2.20. The highest BCUT2D eigenvalue weighted by Crippen LogP contribution is 2.28. The van der Waals surface area contributed by atoms with E-state index in [0.29, 0.717) is 6.04 Å². The van der Waals surface area contributed by atoms with Gasteiger partial charge < -0.3 is 14.9 Å². The Labute approximate surface area is 110 Å². The van der Waals surface area contributed by atoms with E-state index in [1.165, 1.54) is 18.5 Å². The molecule has 1 aromatic carbocycles. The van der Waals surface area contributed by atoms with Gasteiger partial charge in [-0.2, -0.15) is 0 Å². The van der Waals surface area contributed by atoms with E-state index in [0.717, 1.165) is 18.7 Å². The first-order valence-corrected chi connectivity index (χ1v) is 6.78. The standard InChI is InChI=1S/C15H24N2O/c1-12(18)14-6-4-5-7-15(14)17(3)13-8-10-16(2)11-9-13/h4-7,12-13,18H,8-11H2,1-3H3/t12-/m1/s1. The molecule has 1 N–H and O–H groups in total. The Kier molecular flexibility index (Phi) is 4.25. The number of para-hydroxylation sites is 1. The quantitative estimate of drug-likeness (QED) is 0.889. The Bertz CT molecular complexity index is 384. The molecule has 3 heteroatoms. The Hall–Kier alpha value is -1.06. The Morgan fingerprint density at radius 3 is 2.50 bits per heavy atom. The number of aliphatic hydroxyl groups excluding tert-OH is 1. The van der Waals surface area contributed by atoms with Crippen molar-refractivity contribution in [1.82, 2.24) is 4.90 Å².